The molecule has 0 bridgehead atoms. The molecule has 0 spiro atoms. The quantitative estimate of drug-likeness (QED) is 0.641. The lowest BCUT2D eigenvalue weighted by molar-refractivity contribution is 1.33. The predicted molar refractivity (Wildman–Crippen MR) is 56.3 cm³/mol. The van der Waals surface area contributed by atoms with Gasteiger partial charge in [-0.2, -0.15) is 0 Å². The summed E-state index contributed by atoms with van der Waals surface area (Å²) < 4.78 is 2.51. The molecular formula is C8H8BrI. The molecule has 0 unspecified atom stereocenters. The van der Waals surface area contributed by atoms with Gasteiger partial charge in [-0.25, -0.2) is 0 Å². The van der Waals surface area contributed by atoms with Crippen molar-refractivity contribution in [1.29, 1.82) is 0 Å². The molecule has 1 aromatic rings. The molecule has 0 aliphatic carbocycles. The number of hydrogen-bond acceptors (Lipinski definition) is 0. The fourth-order valence-electron chi connectivity index (χ4n) is 0.898. The second kappa shape index (κ2) is 3.22. The van der Waals surface area contributed by atoms with E-state index in [1.807, 2.05) is 0 Å². The number of aryl methyl sites for hydroxylation is 2. The molecule has 0 aliphatic heterocycles. The molecule has 0 nitrogen and oxygen atoms in total. The Morgan fingerprint density at radius 1 is 1.30 bits per heavy atom. The highest BCUT2D eigenvalue weighted by Crippen LogP contribution is 2.23. The topological polar surface area (TPSA) is 0 Å². The fourth-order valence-corrected chi connectivity index (χ4v) is 1.88. The first-order valence-electron chi connectivity index (χ1n) is 3.03. The Labute approximate surface area is 83.3 Å². The van der Waals surface area contributed by atoms with E-state index in [9.17, 15) is 0 Å². The smallest absolute Gasteiger partial charge is 0.0314 e. The minimum absolute atomic E-state index is 1.20. The highest BCUT2D eigenvalue weighted by Gasteiger charge is 1.99. The Hall–Kier alpha value is 0.430. The normalized spacial score (nSPS) is 10.0. The van der Waals surface area contributed by atoms with Crippen LogP contribution in [0.25, 0.3) is 0 Å². The van der Waals surface area contributed by atoms with Crippen LogP contribution in [0.4, 0.5) is 0 Å². The lowest BCUT2D eigenvalue weighted by atomic mass is 10.2. The summed E-state index contributed by atoms with van der Waals surface area (Å²) in [4.78, 5) is 0. The van der Waals surface area contributed by atoms with Crippen LogP contribution in [0.15, 0.2) is 16.6 Å². The van der Waals surface area contributed by atoms with Crippen molar-refractivity contribution in [2.75, 3.05) is 0 Å². The third-order valence-corrected chi connectivity index (χ3v) is 4.15. The van der Waals surface area contributed by atoms with Crippen LogP contribution in [0, 0.1) is 17.4 Å². The highest BCUT2D eigenvalue weighted by atomic mass is 127. The Bertz CT molecular complexity index is 232. The second-order valence-electron chi connectivity index (χ2n) is 2.38. The molecule has 0 atom stereocenters. The maximum absolute atomic E-state index is 3.49. The average Bonchev–Trinajstić information content (AvgIpc) is 1.82. The summed E-state index contributed by atoms with van der Waals surface area (Å²) in [6.07, 6.45) is 0. The summed E-state index contributed by atoms with van der Waals surface area (Å²) >= 11 is 5.83. The Balaban J connectivity index is 3.31. The molecule has 1 rings (SSSR count). The van der Waals surface area contributed by atoms with E-state index < -0.39 is 0 Å². The number of hydrogen-bond donors (Lipinski definition) is 0. The first-order chi connectivity index (χ1) is 4.61. The molecule has 0 heterocycles. The van der Waals surface area contributed by atoms with Crippen molar-refractivity contribution >= 4 is 38.5 Å². The van der Waals surface area contributed by atoms with Crippen molar-refractivity contribution in [2.45, 2.75) is 13.8 Å². The molecule has 0 amide bonds. The lowest BCUT2D eigenvalue weighted by Crippen LogP contribution is -1.83. The van der Waals surface area contributed by atoms with Crippen LogP contribution < -0.4 is 0 Å². The van der Waals surface area contributed by atoms with Crippen LogP contribution in [0.3, 0.4) is 0 Å². The van der Waals surface area contributed by atoms with Crippen molar-refractivity contribution in [3.8, 4) is 0 Å². The number of halogens is 2. The molecular weight excluding hydrogens is 303 g/mol. The van der Waals surface area contributed by atoms with Gasteiger partial charge in [0.1, 0.15) is 0 Å². The van der Waals surface area contributed by atoms with Gasteiger partial charge in [0.05, 0.1) is 0 Å². The van der Waals surface area contributed by atoms with Gasteiger partial charge < -0.3 is 0 Å². The van der Waals surface area contributed by atoms with Gasteiger partial charge in [0.25, 0.3) is 0 Å². The first kappa shape index (κ1) is 8.53. The monoisotopic (exact) mass is 310 g/mol. The highest BCUT2D eigenvalue weighted by molar-refractivity contribution is 14.1. The minimum Gasteiger partial charge on any atom is -0.0553 e. The zero-order valence-electron chi connectivity index (χ0n) is 5.91. The first-order valence-corrected chi connectivity index (χ1v) is 4.90. The second-order valence-corrected chi connectivity index (χ2v) is 4.31. The summed E-state index contributed by atoms with van der Waals surface area (Å²) in [5.41, 5.74) is 2.65. The maximum Gasteiger partial charge on any atom is 0.0314 e. The summed E-state index contributed by atoms with van der Waals surface area (Å²) in [5, 5.41) is 0. The van der Waals surface area contributed by atoms with E-state index in [2.05, 4.69) is 64.5 Å². The summed E-state index contributed by atoms with van der Waals surface area (Å²) in [5.74, 6) is 0. The number of rotatable bonds is 0. The standard InChI is InChI=1S/C8H8BrI/c1-5-3-6(2)8(10)7(9)4-5/h3-4H,1-2H3. The van der Waals surface area contributed by atoms with Gasteiger partial charge in [-0.1, -0.05) is 6.07 Å². The van der Waals surface area contributed by atoms with Crippen LogP contribution in [-0.4, -0.2) is 0 Å². The van der Waals surface area contributed by atoms with Crippen LogP contribution in [-0.2, 0) is 0 Å². The largest absolute Gasteiger partial charge is 0.0553 e. The summed E-state index contributed by atoms with van der Waals surface area (Å²) in [7, 11) is 0. The molecule has 0 aliphatic rings. The zero-order chi connectivity index (χ0) is 7.72. The van der Waals surface area contributed by atoms with Gasteiger partial charge >= 0.3 is 0 Å². The molecule has 0 radical (unpaired) electrons. The van der Waals surface area contributed by atoms with Crippen molar-refractivity contribution in [3.05, 3.63) is 31.3 Å². The molecule has 1 aromatic carbocycles. The predicted octanol–water partition coefficient (Wildman–Crippen LogP) is 3.67. The molecule has 2 heteroatoms. The van der Waals surface area contributed by atoms with Crippen LogP contribution in [0.2, 0.25) is 0 Å². The molecule has 0 saturated carbocycles. The van der Waals surface area contributed by atoms with E-state index in [1.54, 1.807) is 0 Å². The minimum atomic E-state index is 1.20. The van der Waals surface area contributed by atoms with Gasteiger partial charge in [-0.3, -0.25) is 0 Å². The average molecular weight is 311 g/mol. The maximum atomic E-state index is 3.49. The van der Waals surface area contributed by atoms with Crippen molar-refractivity contribution in [2.24, 2.45) is 0 Å². The molecule has 0 saturated heterocycles. The van der Waals surface area contributed by atoms with Crippen molar-refractivity contribution in [3.63, 3.8) is 0 Å². The van der Waals surface area contributed by atoms with E-state index in [0.717, 1.165) is 0 Å². The van der Waals surface area contributed by atoms with E-state index >= 15 is 0 Å². The van der Waals surface area contributed by atoms with Gasteiger partial charge in [0, 0.05) is 8.04 Å². The Morgan fingerprint density at radius 3 is 2.40 bits per heavy atom. The molecule has 0 fully saturated rings. The molecule has 0 aromatic heterocycles. The fraction of sp³-hybridized carbons (Fsp3) is 0.250. The van der Waals surface area contributed by atoms with Gasteiger partial charge in [-0.15, -0.1) is 0 Å². The van der Waals surface area contributed by atoms with Crippen molar-refractivity contribution < 1.29 is 0 Å². The van der Waals surface area contributed by atoms with E-state index in [1.165, 1.54) is 19.2 Å². The summed E-state index contributed by atoms with van der Waals surface area (Å²) in [6, 6.07) is 4.32. The third kappa shape index (κ3) is 1.72. The van der Waals surface area contributed by atoms with E-state index in [-0.39, 0.29) is 0 Å². The van der Waals surface area contributed by atoms with Crippen LogP contribution >= 0.6 is 38.5 Å². The Morgan fingerprint density at radius 2 is 1.90 bits per heavy atom. The third-order valence-electron chi connectivity index (χ3n) is 1.35. The summed E-state index contributed by atoms with van der Waals surface area (Å²) in [6.45, 7) is 4.23. The number of benzene rings is 1. The zero-order valence-corrected chi connectivity index (χ0v) is 9.65. The van der Waals surface area contributed by atoms with Crippen LogP contribution in [0.1, 0.15) is 11.1 Å². The lowest BCUT2D eigenvalue weighted by Gasteiger charge is -2.01. The van der Waals surface area contributed by atoms with Crippen LogP contribution in [0.5, 0.6) is 0 Å². The molecule has 10 heavy (non-hydrogen) atoms. The van der Waals surface area contributed by atoms with Gasteiger partial charge in [0.2, 0.25) is 0 Å². The van der Waals surface area contributed by atoms with E-state index in [0.29, 0.717) is 0 Å². The molecule has 0 N–H and O–H groups in total. The Kier molecular flexibility index (Phi) is 2.74. The van der Waals surface area contributed by atoms with Gasteiger partial charge in [-0.05, 0) is 69.6 Å². The van der Waals surface area contributed by atoms with Gasteiger partial charge in [0.15, 0.2) is 0 Å². The van der Waals surface area contributed by atoms with Crippen molar-refractivity contribution in [1.82, 2.24) is 0 Å². The molecule has 54 valence electrons. The SMILES string of the molecule is Cc1cc(C)c(I)c(Br)c1. The van der Waals surface area contributed by atoms with E-state index in [4.69, 9.17) is 0 Å².